The number of amides is 1. The molecule has 1 amide bonds. The number of azide groups is 1. The van der Waals surface area contributed by atoms with Crippen LogP contribution in [-0.4, -0.2) is 5.91 Å². The first-order chi connectivity index (χ1) is 6.15. The normalized spacial score (nSPS) is 9.08. The van der Waals surface area contributed by atoms with Crippen LogP contribution in [0.4, 0.5) is 0 Å². The first-order valence-corrected chi connectivity index (χ1v) is 4.36. The minimum absolute atomic E-state index is 0.189. The maximum absolute atomic E-state index is 11.1. The van der Waals surface area contributed by atoms with Crippen LogP contribution in [0.15, 0.2) is 27.8 Å². The smallest absolute Gasteiger partial charge is 0.250 e. The molecule has 0 saturated carbocycles. The summed E-state index contributed by atoms with van der Waals surface area (Å²) in [5.74, 6) is -0.686. The summed E-state index contributed by atoms with van der Waals surface area (Å²) in [5, 5.41) is 3.20. The van der Waals surface area contributed by atoms with Crippen LogP contribution in [0.1, 0.15) is 10.4 Å². The molecule has 0 aliphatic heterocycles. The summed E-state index contributed by atoms with van der Waals surface area (Å²) in [5.41, 5.74) is 8.23. The summed E-state index contributed by atoms with van der Waals surface area (Å²) in [6.07, 6.45) is 0. The minimum atomic E-state index is -0.686. The average Bonchev–Trinajstić information content (AvgIpc) is 2.09. The van der Waals surface area contributed by atoms with Crippen molar-refractivity contribution in [2.45, 2.75) is 0 Å². The fraction of sp³-hybridized carbons (Fsp3) is 0. The Hall–Kier alpha value is -1.03. The molecule has 0 unspecified atom stereocenters. The Labute approximate surface area is 87.3 Å². The van der Waals surface area contributed by atoms with Crippen LogP contribution >= 0.6 is 27.5 Å². The zero-order chi connectivity index (χ0) is 9.84. The topological polar surface area (TPSA) is 65.8 Å². The Balaban J connectivity index is 3.20. The van der Waals surface area contributed by atoms with Crippen molar-refractivity contribution in [3.63, 3.8) is 0 Å². The van der Waals surface area contributed by atoms with Crippen molar-refractivity contribution in [3.8, 4) is 0 Å². The predicted molar refractivity (Wildman–Crippen MR) is 52.6 cm³/mol. The van der Waals surface area contributed by atoms with Gasteiger partial charge in [-0.15, -0.1) is 0 Å². The highest BCUT2D eigenvalue weighted by Crippen LogP contribution is 2.21. The van der Waals surface area contributed by atoms with Crippen LogP contribution in [0.2, 0.25) is 5.02 Å². The fourth-order valence-corrected chi connectivity index (χ4v) is 1.32. The molecule has 6 heteroatoms. The molecule has 0 heterocycles. The molecular formula is C7H3BrClN3O. The van der Waals surface area contributed by atoms with Gasteiger partial charge in [-0.1, -0.05) is 27.5 Å². The third-order valence-corrected chi connectivity index (χ3v) is 2.12. The van der Waals surface area contributed by atoms with E-state index in [4.69, 9.17) is 17.1 Å². The van der Waals surface area contributed by atoms with Crippen molar-refractivity contribution in [2.75, 3.05) is 0 Å². The molecule has 0 aliphatic carbocycles. The number of hydrogen-bond donors (Lipinski definition) is 0. The van der Waals surface area contributed by atoms with E-state index in [1.165, 1.54) is 6.07 Å². The van der Waals surface area contributed by atoms with Gasteiger partial charge in [0.1, 0.15) is 0 Å². The quantitative estimate of drug-likeness (QED) is 0.432. The summed E-state index contributed by atoms with van der Waals surface area (Å²) in [6.45, 7) is 0. The molecule has 13 heavy (non-hydrogen) atoms. The van der Waals surface area contributed by atoms with Crippen molar-refractivity contribution in [2.24, 2.45) is 5.11 Å². The largest absolute Gasteiger partial charge is 0.287 e. The van der Waals surface area contributed by atoms with E-state index in [1.54, 1.807) is 12.1 Å². The highest BCUT2D eigenvalue weighted by atomic mass is 79.9. The molecule has 4 nitrogen and oxygen atoms in total. The van der Waals surface area contributed by atoms with Gasteiger partial charge >= 0.3 is 0 Å². The van der Waals surface area contributed by atoms with Gasteiger partial charge in [-0.2, -0.15) is 0 Å². The van der Waals surface area contributed by atoms with Gasteiger partial charge in [-0.05, 0) is 28.8 Å². The van der Waals surface area contributed by atoms with Gasteiger partial charge in [0, 0.05) is 14.9 Å². The number of nitrogens with zero attached hydrogens (tertiary/aromatic N) is 3. The number of carbonyl (C=O) groups excluding carboxylic acids is 1. The molecule has 1 aromatic rings. The van der Waals surface area contributed by atoms with Crippen LogP contribution in [0.5, 0.6) is 0 Å². The van der Waals surface area contributed by atoms with Crippen molar-refractivity contribution in [1.82, 2.24) is 0 Å². The molecule has 0 N–H and O–H groups in total. The second kappa shape index (κ2) is 4.28. The molecule has 0 bridgehead atoms. The molecule has 0 atom stereocenters. The van der Waals surface area contributed by atoms with E-state index in [1.807, 2.05) is 0 Å². The van der Waals surface area contributed by atoms with Crippen LogP contribution < -0.4 is 0 Å². The highest BCUT2D eigenvalue weighted by molar-refractivity contribution is 9.10. The highest BCUT2D eigenvalue weighted by Gasteiger charge is 2.08. The zero-order valence-electron chi connectivity index (χ0n) is 6.24. The molecule has 0 aromatic heterocycles. The van der Waals surface area contributed by atoms with E-state index in [0.29, 0.717) is 4.47 Å². The lowest BCUT2D eigenvalue weighted by molar-refractivity contribution is 0.100. The lowest BCUT2D eigenvalue weighted by Crippen LogP contribution is -1.94. The Morgan fingerprint density at radius 2 is 2.31 bits per heavy atom. The number of halogens is 2. The molecule has 0 aliphatic rings. The van der Waals surface area contributed by atoms with Crippen molar-refractivity contribution < 1.29 is 4.79 Å². The molecule has 0 saturated heterocycles. The lowest BCUT2D eigenvalue weighted by Gasteiger charge is -1.98. The van der Waals surface area contributed by atoms with Crippen LogP contribution in [0, 0.1) is 0 Å². The SMILES string of the molecule is [N-]=[N+]=NC(=O)c1cc(Br)ccc1Cl. The van der Waals surface area contributed by atoms with Crippen molar-refractivity contribution in [1.29, 1.82) is 0 Å². The first-order valence-electron chi connectivity index (χ1n) is 3.19. The third kappa shape index (κ3) is 2.45. The molecule has 0 fully saturated rings. The summed E-state index contributed by atoms with van der Waals surface area (Å²) >= 11 is 8.87. The van der Waals surface area contributed by atoms with Gasteiger partial charge in [0.05, 0.1) is 5.02 Å². The van der Waals surface area contributed by atoms with Crippen molar-refractivity contribution in [3.05, 3.63) is 43.7 Å². The maximum atomic E-state index is 11.1. The van der Waals surface area contributed by atoms with E-state index < -0.39 is 5.91 Å². The predicted octanol–water partition coefficient (Wildman–Crippen LogP) is 3.55. The van der Waals surface area contributed by atoms with E-state index in [0.717, 1.165) is 0 Å². The van der Waals surface area contributed by atoms with Crippen LogP contribution in [0.25, 0.3) is 10.4 Å². The lowest BCUT2D eigenvalue weighted by atomic mass is 10.2. The van der Waals surface area contributed by atoms with E-state index >= 15 is 0 Å². The summed E-state index contributed by atoms with van der Waals surface area (Å²) in [7, 11) is 0. The molecule has 1 rings (SSSR count). The Morgan fingerprint density at radius 3 is 2.92 bits per heavy atom. The monoisotopic (exact) mass is 259 g/mol. The molecule has 0 spiro atoms. The summed E-state index contributed by atoms with van der Waals surface area (Å²) in [6, 6.07) is 4.74. The van der Waals surface area contributed by atoms with Gasteiger partial charge in [-0.25, -0.2) is 0 Å². The van der Waals surface area contributed by atoms with Gasteiger partial charge in [0.15, 0.2) is 0 Å². The summed E-state index contributed by atoms with van der Waals surface area (Å²) in [4.78, 5) is 13.5. The van der Waals surface area contributed by atoms with Gasteiger partial charge < -0.3 is 0 Å². The number of carbonyl (C=O) groups is 1. The van der Waals surface area contributed by atoms with Crippen molar-refractivity contribution >= 4 is 33.4 Å². The fourth-order valence-electron chi connectivity index (χ4n) is 0.756. The Morgan fingerprint density at radius 1 is 1.62 bits per heavy atom. The number of hydrogen-bond acceptors (Lipinski definition) is 1. The third-order valence-electron chi connectivity index (χ3n) is 1.29. The molecule has 66 valence electrons. The van der Waals surface area contributed by atoms with Gasteiger partial charge in [-0.3, -0.25) is 4.79 Å². The average molecular weight is 260 g/mol. The molecule has 0 radical (unpaired) electrons. The first kappa shape index (κ1) is 10.1. The summed E-state index contributed by atoms with van der Waals surface area (Å²) < 4.78 is 0.702. The Kier molecular flexibility index (Phi) is 3.31. The van der Waals surface area contributed by atoms with E-state index in [-0.39, 0.29) is 10.6 Å². The molecular weight excluding hydrogens is 257 g/mol. The second-order valence-corrected chi connectivity index (χ2v) is 3.44. The Bertz CT molecular complexity index is 401. The zero-order valence-corrected chi connectivity index (χ0v) is 8.58. The van der Waals surface area contributed by atoms with Crippen LogP contribution in [0.3, 0.4) is 0 Å². The second-order valence-electron chi connectivity index (χ2n) is 2.12. The molecule has 1 aromatic carbocycles. The van der Waals surface area contributed by atoms with E-state index in [2.05, 4.69) is 26.0 Å². The standard InChI is InChI=1S/C7H3BrClN3O/c8-4-1-2-6(9)5(3-4)7(13)11-12-10/h1-3H. The van der Waals surface area contributed by atoms with Crippen LogP contribution in [-0.2, 0) is 0 Å². The number of rotatable bonds is 1. The minimum Gasteiger partial charge on any atom is -0.287 e. The van der Waals surface area contributed by atoms with Gasteiger partial charge in [0.25, 0.3) is 5.91 Å². The maximum Gasteiger partial charge on any atom is 0.250 e. The van der Waals surface area contributed by atoms with Gasteiger partial charge in [0.2, 0.25) is 0 Å². The number of benzene rings is 1. The van der Waals surface area contributed by atoms with E-state index in [9.17, 15) is 4.79 Å².